The number of hydrogen-bond acceptors (Lipinski definition) is 3. The van der Waals surface area contributed by atoms with Crippen LogP contribution in [0.1, 0.15) is 46.3 Å². The van der Waals surface area contributed by atoms with E-state index in [1.807, 2.05) is 6.07 Å². The monoisotopic (exact) mass is 259 g/mol. The zero-order chi connectivity index (χ0) is 13.2. The maximum Gasteiger partial charge on any atom is 0.338 e. The molecule has 1 fully saturated rings. The van der Waals surface area contributed by atoms with Gasteiger partial charge in [0.05, 0.1) is 5.56 Å². The Morgan fingerprint density at radius 1 is 1.21 bits per heavy atom. The number of fused-ring (bicyclic) bond motifs is 1. The summed E-state index contributed by atoms with van der Waals surface area (Å²) >= 11 is 0. The Morgan fingerprint density at radius 2 is 2.00 bits per heavy atom. The molecule has 102 valence electrons. The number of likely N-dealkylation sites (tertiary alicyclic amines) is 1. The topological polar surface area (TPSA) is 29.5 Å². The second-order valence-electron chi connectivity index (χ2n) is 5.60. The first-order valence-electron chi connectivity index (χ1n) is 7.26. The molecule has 2 aliphatic rings. The summed E-state index contributed by atoms with van der Waals surface area (Å²) < 4.78 is 5.10. The number of benzene rings is 1. The van der Waals surface area contributed by atoms with Crippen molar-refractivity contribution in [3.05, 3.63) is 34.4 Å². The molecule has 3 heteroatoms. The Labute approximate surface area is 114 Å². The molecule has 1 aromatic rings. The van der Waals surface area contributed by atoms with Gasteiger partial charge in [0.25, 0.3) is 0 Å². The molecule has 0 aliphatic carbocycles. The van der Waals surface area contributed by atoms with Crippen LogP contribution < -0.4 is 0 Å². The van der Waals surface area contributed by atoms with E-state index in [1.54, 1.807) is 0 Å². The summed E-state index contributed by atoms with van der Waals surface area (Å²) in [5.41, 5.74) is 4.48. The molecule has 3 rings (SSSR count). The summed E-state index contributed by atoms with van der Waals surface area (Å²) in [6.07, 6.45) is 5.14. The van der Waals surface area contributed by atoms with E-state index < -0.39 is 0 Å². The fourth-order valence-corrected chi connectivity index (χ4v) is 3.13. The average Bonchev–Trinajstić information content (AvgIpc) is 2.82. The highest BCUT2D eigenvalue weighted by Gasteiger charge is 2.23. The lowest BCUT2D eigenvalue weighted by Crippen LogP contribution is -2.31. The predicted molar refractivity (Wildman–Crippen MR) is 74.3 cm³/mol. The van der Waals surface area contributed by atoms with Crippen molar-refractivity contribution in [1.29, 1.82) is 0 Å². The third-order valence-electron chi connectivity index (χ3n) is 4.42. The van der Waals surface area contributed by atoms with Gasteiger partial charge >= 0.3 is 5.97 Å². The molecule has 0 radical (unpaired) electrons. The minimum atomic E-state index is -0.166. The van der Waals surface area contributed by atoms with Crippen molar-refractivity contribution in [2.45, 2.75) is 39.2 Å². The lowest BCUT2D eigenvalue weighted by molar-refractivity contribution is 0.0535. The number of rotatable bonds is 3. The molecule has 0 saturated carbocycles. The number of nitrogens with zero attached hydrogens (tertiary/aromatic N) is 1. The van der Waals surface area contributed by atoms with Crippen LogP contribution in [0.4, 0.5) is 0 Å². The van der Waals surface area contributed by atoms with Crippen LogP contribution in [-0.2, 0) is 17.8 Å². The molecule has 0 atom stereocenters. The summed E-state index contributed by atoms with van der Waals surface area (Å²) in [6.45, 7) is 6.19. The van der Waals surface area contributed by atoms with Crippen LogP contribution in [0.15, 0.2) is 12.1 Å². The van der Waals surface area contributed by atoms with Crippen molar-refractivity contribution in [2.24, 2.45) is 0 Å². The molecule has 3 nitrogen and oxygen atoms in total. The molecular formula is C16H21NO2. The van der Waals surface area contributed by atoms with Crippen molar-refractivity contribution in [2.75, 3.05) is 19.6 Å². The van der Waals surface area contributed by atoms with Crippen molar-refractivity contribution in [3.63, 3.8) is 0 Å². The van der Waals surface area contributed by atoms with Gasteiger partial charge in [-0.05, 0) is 56.5 Å². The first-order valence-corrected chi connectivity index (χ1v) is 7.26. The van der Waals surface area contributed by atoms with Crippen LogP contribution in [-0.4, -0.2) is 30.5 Å². The second-order valence-corrected chi connectivity index (χ2v) is 5.60. The summed E-state index contributed by atoms with van der Waals surface area (Å²) in [7, 11) is 0. The summed E-state index contributed by atoms with van der Waals surface area (Å²) in [6, 6.07) is 4.04. The number of esters is 1. The molecule has 0 bridgehead atoms. The third-order valence-corrected chi connectivity index (χ3v) is 4.42. The normalized spacial score (nSPS) is 19.3. The van der Waals surface area contributed by atoms with Crippen LogP contribution in [0.2, 0.25) is 0 Å². The molecule has 2 heterocycles. The number of cyclic esters (lactones) is 1. The van der Waals surface area contributed by atoms with Crippen LogP contribution in [0.25, 0.3) is 0 Å². The van der Waals surface area contributed by atoms with Crippen LogP contribution in [0.3, 0.4) is 0 Å². The third kappa shape index (κ3) is 2.52. The molecule has 0 amide bonds. The van der Waals surface area contributed by atoms with E-state index in [4.69, 9.17) is 4.74 Å². The Kier molecular flexibility index (Phi) is 3.56. The van der Waals surface area contributed by atoms with E-state index >= 15 is 0 Å². The van der Waals surface area contributed by atoms with E-state index in [9.17, 15) is 4.79 Å². The van der Waals surface area contributed by atoms with Gasteiger partial charge in [0.2, 0.25) is 0 Å². The molecule has 0 N–H and O–H groups in total. The van der Waals surface area contributed by atoms with Crippen molar-refractivity contribution >= 4 is 5.97 Å². The van der Waals surface area contributed by atoms with E-state index in [1.165, 1.54) is 43.5 Å². The maximum absolute atomic E-state index is 11.5. The van der Waals surface area contributed by atoms with Gasteiger partial charge in [-0.25, -0.2) is 4.79 Å². The maximum atomic E-state index is 11.5. The zero-order valence-electron chi connectivity index (χ0n) is 11.6. The Balaban J connectivity index is 1.70. The van der Waals surface area contributed by atoms with Gasteiger partial charge in [0.1, 0.15) is 6.61 Å². The van der Waals surface area contributed by atoms with E-state index in [2.05, 4.69) is 17.9 Å². The number of carbonyl (C=O) groups excluding carboxylic acids is 1. The van der Waals surface area contributed by atoms with E-state index in [0.29, 0.717) is 6.61 Å². The lowest BCUT2D eigenvalue weighted by Gasteiger charge is -2.26. The van der Waals surface area contributed by atoms with Gasteiger partial charge < -0.3 is 9.64 Å². The highest BCUT2D eigenvalue weighted by atomic mass is 16.5. The van der Waals surface area contributed by atoms with Crippen LogP contribution in [0.5, 0.6) is 0 Å². The van der Waals surface area contributed by atoms with E-state index in [-0.39, 0.29) is 5.97 Å². The minimum Gasteiger partial charge on any atom is -0.457 e. The quantitative estimate of drug-likeness (QED) is 0.782. The number of ether oxygens (including phenoxy) is 1. The SMILES string of the molecule is Cc1c(CCN2CCCCC2)ccc2c1COC2=O. The van der Waals surface area contributed by atoms with Gasteiger partial charge in [-0.1, -0.05) is 12.5 Å². The van der Waals surface area contributed by atoms with Gasteiger partial charge in [0.15, 0.2) is 0 Å². The molecule has 0 unspecified atom stereocenters. The summed E-state index contributed by atoms with van der Waals surface area (Å²) in [4.78, 5) is 14.1. The van der Waals surface area contributed by atoms with Crippen LogP contribution >= 0.6 is 0 Å². The number of carbonyl (C=O) groups is 1. The van der Waals surface area contributed by atoms with Crippen LogP contribution in [0, 0.1) is 6.92 Å². The van der Waals surface area contributed by atoms with Gasteiger partial charge in [-0.3, -0.25) is 0 Å². The highest BCUT2D eigenvalue weighted by molar-refractivity contribution is 5.93. The zero-order valence-corrected chi connectivity index (χ0v) is 11.6. The average molecular weight is 259 g/mol. The summed E-state index contributed by atoms with van der Waals surface area (Å²) in [5.74, 6) is -0.166. The first kappa shape index (κ1) is 12.7. The Morgan fingerprint density at radius 3 is 2.79 bits per heavy atom. The second kappa shape index (κ2) is 5.33. The molecule has 2 aliphatic heterocycles. The molecule has 0 spiro atoms. The molecular weight excluding hydrogens is 238 g/mol. The molecule has 1 aromatic carbocycles. The predicted octanol–water partition coefficient (Wildman–Crippen LogP) is 2.69. The fraction of sp³-hybridized carbons (Fsp3) is 0.562. The van der Waals surface area contributed by atoms with Gasteiger partial charge in [-0.15, -0.1) is 0 Å². The van der Waals surface area contributed by atoms with Gasteiger partial charge in [-0.2, -0.15) is 0 Å². The largest absolute Gasteiger partial charge is 0.457 e. The molecule has 0 aromatic heterocycles. The highest BCUT2D eigenvalue weighted by Crippen LogP contribution is 2.26. The number of hydrogen-bond donors (Lipinski definition) is 0. The Bertz CT molecular complexity index is 490. The smallest absolute Gasteiger partial charge is 0.338 e. The van der Waals surface area contributed by atoms with Gasteiger partial charge in [0, 0.05) is 12.1 Å². The summed E-state index contributed by atoms with van der Waals surface area (Å²) in [5, 5.41) is 0. The van der Waals surface area contributed by atoms with Crippen molar-refractivity contribution in [1.82, 2.24) is 4.90 Å². The van der Waals surface area contributed by atoms with Crippen molar-refractivity contribution in [3.8, 4) is 0 Å². The minimum absolute atomic E-state index is 0.166. The molecule has 19 heavy (non-hydrogen) atoms. The fourth-order valence-electron chi connectivity index (χ4n) is 3.13. The standard InChI is InChI=1S/C16H21NO2/c1-12-13(7-10-17-8-3-2-4-9-17)5-6-14-15(12)11-19-16(14)18/h5-6H,2-4,7-11H2,1H3. The van der Waals surface area contributed by atoms with E-state index in [0.717, 1.165) is 24.1 Å². The Hall–Kier alpha value is -1.35. The lowest BCUT2D eigenvalue weighted by atomic mass is 9.96. The molecule has 1 saturated heterocycles. The first-order chi connectivity index (χ1) is 9.25. The van der Waals surface area contributed by atoms with Crippen molar-refractivity contribution < 1.29 is 9.53 Å². The number of piperidine rings is 1.